The van der Waals surface area contributed by atoms with Crippen molar-refractivity contribution in [3.8, 4) is 11.5 Å². The van der Waals surface area contributed by atoms with Crippen molar-refractivity contribution in [2.24, 2.45) is 0 Å². The Kier molecular flexibility index (Phi) is 6.80. The second-order valence-corrected chi connectivity index (χ2v) is 7.36. The number of para-hydroxylation sites is 1. The lowest BCUT2D eigenvalue weighted by Gasteiger charge is -2.19. The van der Waals surface area contributed by atoms with Gasteiger partial charge in [-0.2, -0.15) is 0 Å². The fourth-order valence-corrected chi connectivity index (χ4v) is 3.31. The Hall–Kier alpha value is -3.39. The van der Waals surface area contributed by atoms with Crippen molar-refractivity contribution >= 4 is 28.8 Å². The SMILES string of the molecule is Cc1csc(CC(=O)NNC(=O)CN(C)c2ccc(Oc3ccccc3)cc2)n1. The van der Waals surface area contributed by atoms with E-state index in [1.54, 1.807) is 11.9 Å². The number of hydrazine groups is 1. The van der Waals surface area contributed by atoms with E-state index in [1.807, 2.05) is 66.9 Å². The van der Waals surface area contributed by atoms with Crippen molar-refractivity contribution in [1.82, 2.24) is 15.8 Å². The predicted molar refractivity (Wildman–Crippen MR) is 113 cm³/mol. The maximum Gasteiger partial charge on any atom is 0.257 e. The molecule has 2 amide bonds. The van der Waals surface area contributed by atoms with Gasteiger partial charge in [0.2, 0.25) is 5.91 Å². The molecule has 0 fully saturated rings. The van der Waals surface area contributed by atoms with Gasteiger partial charge in [-0.3, -0.25) is 20.4 Å². The molecule has 0 saturated carbocycles. The topological polar surface area (TPSA) is 83.6 Å². The first-order valence-corrected chi connectivity index (χ1v) is 9.90. The van der Waals surface area contributed by atoms with E-state index < -0.39 is 0 Å². The third-order valence-electron chi connectivity index (χ3n) is 3.96. The van der Waals surface area contributed by atoms with Crippen LogP contribution in [0.25, 0.3) is 0 Å². The van der Waals surface area contributed by atoms with Gasteiger partial charge >= 0.3 is 0 Å². The minimum Gasteiger partial charge on any atom is -0.457 e. The van der Waals surface area contributed by atoms with Crippen molar-refractivity contribution in [2.45, 2.75) is 13.3 Å². The number of aryl methyl sites for hydroxylation is 1. The van der Waals surface area contributed by atoms with E-state index in [2.05, 4.69) is 15.8 Å². The van der Waals surface area contributed by atoms with Crippen LogP contribution in [0.2, 0.25) is 0 Å². The number of rotatable bonds is 7. The molecule has 0 radical (unpaired) electrons. The number of benzene rings is 2. The van der Waals surface area contributed by atoms with Gasteiger partial charge in [0, 0.05) is 23.8 Å². The van der Waals surface area contributed by atoms with Crippen LogP contribution in [0.1, 0.15) is 10.7 Å². The van der Waals surface area contributed by atoms with E-state index in [9.17, 15) is 9.59 Å². The number of aromatic nitrogens is 1. The summed E-state index contributed by atoms with van der Waals surface area (Å²) in [6.07, 6.45) is 0.136. The number of carbonyl (C=O) groups excluding carboxylic acids is 2. The fraction of sp³-hybridized carbons (Fsp3) is 0.190. The summed E-state index contributed by atoms with van der Waals surface area (Å²) in [6, 6.07) is 16.9. The summed E-state index contributed by atoms with van der Waals surface area (Å²) in [5.41, 5.74) is 6.57. The van der Waals surface area contributed by atoms with Gasteiger partial charge in [0.1, 0.15) is 16.5 Å². The Labute approximate surface area is 173 Å². The summed E-state index contributed by atoms with van der Waals surface area (Å²) < 4.78 is 5.76. The second-order valence-electron chi connectivity index (χ2n) is 6.42. The number of thiazole rings is 1. The molecule has 3 rings (SSSR count). The number of ether oxygens (including phenoxy) is 1. The highest BCUT2D eigenvalue weighted by Gasteiger charge is 2.11. The Morgan fingerprint density at radius 2 is 1.66 bits per heavy atom. The summed E-state index contributed by atoms with van der Waals surface area (Å²) in [4.78, 5) is 30.0. The van der Waals surface area contributed by atoms with Crippen molar-refractivity contribution < 1.29 is 14.3 Å². The number of likely N-dealkylation sites (N-methyl/N-ethyl adjacent to an activating group) is 1. The normalized spacial score (nSPS) is 10.3. The zero-order valence-corrected chi connectivity index (χ0v) is 17.0. The molecule has 0 bridgehead atoms. The largest absolute Gasteiger partial charge is 0.457 e. The quantitative estimate of drug-likeness (QED) is 0.585. The van der Waals surface area contributed by atoms with Crippen molar-refractivity contribution in [3.05, 3.63) is 70.7 Å². The van der Waals surface area contributed by atoms with Crippen molar-refractivity contribution in [3.63, 3.8) is 0 Å². The average molecular weight is 410 g/mol. The number of nitrogens with one attached hydrogen (secondary N) is 2. The number of nitrogens with zero attached hydrogens (tertiary/aromatic N) is 2. The van der Waals surface area contributed by atoms with E-state index in [1.165, 1.54) is 11.3 Å². The maximum atomic E-state index is 12.1. The lowest BCUT2D eigenvalue weighted by atomic mass is 10.2. The van der Waals surface area contributed by atoms with Crippen LogP contribution in [0.4, 0.5) is 5.69 Å². The van der Waals surface area contributed by atoms with Crippen molar-refractivity contribution in [1.29, 1.82) is 0 Å². The molecule has 0 unspecified atom stereocenters. The third kappa shape index (κ3) is 6.32. The van der Waals surface area contributed by atoms with Gasteiger partial charge < -0.3 is 9.64 Å². The smallest absolute Gasteiger partial charge is 0.257 e. The number of carbonyl (C=O) groups is 2. The van der Waals surface area contributed by atoms with Crippen LogP contribution in [0.3, 0.4) is 0 Å². The lowest BCUT2D eigenvalue weighted by molar-refractivity contribution is -0.127. The van der Waals surface area contributed by atoms with E-state index in [0.29, 0.717) is 10.8 Å². The minimum absolute atomic E-state index is 0.0928. The van der Waals surface area contributed by atoms with E-state index >= 15 is 0 Å². The zero-order valence-electron chi connectivity index (χ0n) is 16.2. The first kappa shape index (κ1) is 20.3. The third-order valence-corrected chi connectivity index (χ3v) is 4.92. The molecular weight excluding hydrogens is 388 g/mol. The molecule has 8 heteroatoms. The zero-order chi connectivity index (χ0) is 20.6. The van der Waals surface area contributed by atoms with Gasteiger partial charge in [0.25, 0.3) is 5.91 Å². The van der Waals surface area contributed by atoms with E-state index in [4.69, 9.17) is 4.74 Å². The Morgan fingerprint density at radius 1 is 1.00 bits per heavy atom. The molecule has 7 nitrogen and oxygen atoms in total. The standard InChI is InChI=1S/C21H22N4O3S/c1-15-14-29-21(22-15)12-19(26)23-24-20(27)13-25(2)16-8-10-18(11-9-16)28-17-6-4-3-5-7-17/h3-11,14H,12-13H2,1-2H3,(H,23,26)(H,24,27). The molecule has 2 N–H and O–H groups in total. The summed E-state index contributed by atoms with van der Waals surface area (Å²) in [5.74, 6) is 0.845. The first-order valence-electron chi connectivity index (χ1n) is 9.02. The molecular formula is C21H22N4O3S. The number of amides is 2. The summed E-state index contributed by atoms with van der Waals surface area (Å²) in [7, 11) is 1.80. The van der Waals surface area contributed by atoms with Crippen LogP contribution < -0.4 is 20.5 Å². The predicted octanol–water partition coefficient (Wildman–Crippen LogP) is 3.07. The van der Waals surface area contributed by atoms with Gasteiger partial charge in [0.15, 0.2) is 0 Å². The molecule has 29 heavy (non-hydrogen) atoms. The monoisotopic (exact) mass is 410 g/mol. The summed E-state index contributed by atoms with van der Waals surface area (Å²) in [6.45, 7) is 1.96. The molecule has 0 atom stereocenters. The number of hydrogen-bond acceptors (Lipinski definition) is 6. The molecule has 150 valence electrons. The number of anilines is 1. The molecule has 3 aromatic rings. The minimum atomic E-state index is -0.319. The molecule has 0 spiro atoms. The molecule has 0 saturated heterocycles. The summed E-state index contributed by atoms with van der Waals surface area (Å²) >= 11 is 1.42. The second kappa shape index (κ2) is 9.70. The highest BCUT2D eigenvalue weighted by molar-refractivity contribution is 7.09. The fourth-order valence-electron chi connectivity index (χ4n) is 2.54. The summed E-state index contributed by atoms with van der Waals surface area (Å²) in [5, 5.41) is 2.59. The van der Waals surface area contributed by atoms with Crippen LogP contribution in [-0.2, 0) is 16.0 Å². The Balaban J connectivity index is 1.44. The van der Waals surface area contributed by atoms with Crippen LogP contribution in [0.5, 0.6) is 11.5 Å². The lowest BCUT2D eigenvalue weighted by Crippen LogP contribution is -2.46. The van der Waals surface area contributed by atoms with Crippen LogP contribution >= 0.6 is 11.3 Å². The number of hydrogen-bond donors (Lipinski definition) is 2. The van der Waals surface area contributed by atoms with E-state index in [0.717, 1.165) is 17.1 Å². The molecule has 0 aliphatic heterocycles. The molecule has 1 heterocycles. The van der Waals surface area contributed by atoms with E-state index in [-0.39, 0.29) is 24.8 Å². The van der Waals surface area contributed by atoms with Crippen LogP contribution in [0.15, 0.2) is 60.0 Å². The van der Waals surface area contributed by atoms with Crippen molar-refractivity contribution in [2.75, 3.05) is 18.5 Å². The first-order chi connectivity index (χ1) is 14.0. The maximum absolute atomic E-state index is 12.1. The Bertz CT molecular complexity index is 958. The molecule has 1 aromatic heterocycles. The van der Waals surface area contributed by atoms with Gasteiger partial charge in [0.05, 0.1) is 13.0 Å². The van der Waals surface area contributed by atoms with Gasteiger partial charge in [-0.15, -0.1) is 11.3 Å². The van der Waals surface area contributed by atoms with Gasteiger partial charge in [-0.25, -0.2) is 4.98 Å². The Morgan fingerprint density at radius 3 is 2.31 bits per heavy atom. The highest BCUT2D eigenvalue weighted by atomic mass is 32.1. The van der Waals surface area contributed by atoms with Gasteiger partial charge in [-0.05, 0) is 43.3 Å². The van der Waals surface area contributed by atoms with Gasteiger partial charge in [-0.1, -0.05) is 18.2 Å². The molecule has 2 aromatic carbocycles. The van der Waals surface area contributed by atoms with Crippen LogP contribution in [-0.4, -0.2) is 30.4 Å². The highest BCUT2D eigenvalue weighted by Crippen LogP contribution is 2.23. The molecule has 0 aliphatic rings. The average Bonchev–Trinajstić information content (AvgIpc) is 3.12. The molecule has 0 aliphatic carbocycles. The van der Waals surface area contributed by atoms with Crippen LogP contribution in [0, 0.1) is 6.92 Å².